The van der Waals surface area contributed by atoms with Crippen LogP contribution >= 0.6 is 11.6 Å². The highest BCUT2D eigenvalue weighted by Crippen LogP contribution is 2.51. The van der Waals surface area contributed by atoms with E-state index in [-0.39, 0.29) is 5.82 Å². The average Bonchev–Trinajstić information content (AvgIpc) is 3.31. The van der Waals surface area contributed by atoms with Crippen molar-refractivity contribution in [2.24, 2.45) is 0 Å². The molecule has 164 valence electrons. The van der Waals surface area contributed by atoms with Crippen molar-refractivity contribution in [1.29, 1.82) is 0 Å². The fourth-order valence-electron chi connectivity index (χ4n) is 4.52. The van der Waals surface area contributed by atoms with Gasteiger partial charge in [0, 0.05) is 27.3 Å². The lowest BCUT2D eigenvalue weighted by Gasteiger charge is -2.39. The van der Waals surface area contributed by atoms with Crippen LogP contribution in [-0.2, 0) is 0 Å². The van der Waals surface area contributed by atoms with E-state index < -0.39 is 12.1 Å². The molecule has 0 bridgehead atoms. The molecule has 2 aliphatic heterocycles. The van der Waals surface area contributed by atoms with Gasteiger partial charge in [-0.3, -0.25) is 0 Å². The summed E-state index contributed by atoms with van der Waals surface area (Å²) in [7, 11) is 1.62. The predicted molar refractivity (Wildman–Crippen MR) is 123 cm³/mol. The van der Waals surface area contributed by atoms with Crippen LogP contribution in [-0.4, -0.2) is 21.9 Å². The van der Waals surface area contributed by atoms with Crippen molar-refractivity contribution in [3.05, 3.63) is 106 Å². The van der Waals surface area contributed by atoms with Gasteiger partial charge in [0.2, 0.25) is 5.95 Å². The van der Waals surface area contributed by atoms with Gasteiger partial charge in [0.15, 0.2) is 0 Å². The highest BCUT2D eigenvalue weighted by molar-refractivity contribution is 6.30. The van der Waals surface area contributed by atoms with Gasteiger partial charge in [-0.1, -0.05) is 41.9 Å². The molecule has 0 radical (unpaired) electrons. The van der Waals surface area contributed by atoms with Crippen molar-refractivity contribution in [1.82, 2.24) is 14.8 Å². The lowest BCUT2D eigenvalue weighted by Crippen LogP contribution is -2.32. The van der Waals surface area contributed by atoms with Crippen molar-refractivity contribution in [3.63, 3.8) is 0 Å². The van der Waals surface area contributed by atoms with Crippen LogP contribution < -0.4 is 14.8 Å². The lowest BCUT2D eigenvalue weighted by atomic mass is 9.84. The zero-order valence-corrected chi connectivity index (χ0v) is 18.3. The van der Waals surface area contributed by atoms with E-state index in [1.807, 2.05) is 42.5 Å². The van der Waals surface area contributed by atoms with E-state index in [1.165, 1.54) is 12.4 Å². The van der Waals surface area contributed by atoms with E-state index in [9.17, 15) is 0 Å². The molecule has 0 unspecified atom stereocenters. The minimum atomic E-state index is -0.580. The van der Waals surface area contributed by atoms with Gasteiger partial charge in [0.05, 0.1) is 12.8 Å². The van der Waals surface area contributed by atoms with Gasteiger partial charge >= 0.3 is 0 Å². The van der Waals surface area contributed by atoms with Crippen LogP contribution in [0.1, 0.15) is 28.8 Å². The third-order valence-electron chi connectivity index (χ3n) is 5.97. The van der Waals surface area contributed by atoms with Crippen LogP contribution in [0.15, 0.2) is 78.6 Å². The molecule has 6 nitrogen and oxygen atoms in total. The third kappa shape index (κ3) is 3.15. The maximum Gasteiger partial charge on any atom is 0.226 e. The van der Waals surface area contributed by atoms with Crippen LogP contribution in [0.2, 0.25) is 5.02 Å². The summed E-state index contributed by atoms with van der Waals surface area (Å²) < 4.78 is 28.8. The first-order chi connectivity index (χ1) is 16.1. The number of rotatable bonds is 3. The van der Waals surface area contributed by atoms with Crippen LogP contribution in [0, 0.1) is 5.82 Å². The van der Waals surface area contributed by atoms with Crippen LogP contribution in [0.5, 0.6) is 11.5 Å². The van der Waals surface area contributed by atoms with Crippen LogP contribution in [0.25, 0.3) is 5.70 Å². The summed E-state index contributed by atoms with van der Waals surface area (Å²) in [6, 6.07) is 19.2. The number of ether oxygens (including phenoxy) is 2. The van der Waals surface area contributed by atoms with Gasteiger partial charge in [0.1, 0.15) is 35.8 Å². The number of anilines is 1. The number of hydrogen-bond donors (Lipinski definition) is 1. The molecule has 0 aliphatic carbocycles. The average molecular weight is 461 g/mol. The quantitative estimate of drug-likeness (QED) is 0.428. The number of methoxy groups -OCH3 is 1. The first kappa shape index (κ1) is 19.8. The van der Waals surface area contributed by atoms with Gasteiger partial charge in [0.25, 0.3) is 0 Å². The number of aromatic nitrogens is 3. The minimum Gasteiger partial charge on any atom is -0.497 e. The number of nitrogens with zero attached hydrogens (tertiary/aromatic N) is 3. The maximum absolute atomic E-state index is 15.2. The number of fused-ring (bicyclic) bond motifs is 3. The molecule has 0 saturated heterocycles. The Hall–Kier alpha value is -3.84. The highest BCUT2D eigenvalue weighted by Gasteiger charge is 2.41. The van der Waals surface area contributed by atoms with Gasteiger partial charge in [-0.25, -0.2) is 9.07 Å². The first-order valence-corrected chi connectivity index (χ1v) is 10.8. The molecule has 1 aromatic heterocycles. The van der Waals surface area contributed by atoms with E-state index in [4.69, 9.17) is 21.1 Å². The Morgan fingerprint density at radius 2 is 1.97 bits per heavy atom. The summed E-state index contributed by atoms with van der Waals surface area (Å²) in [5, 5.41) is 8.37. The summed E-state index contributed by atoms with van der Waals surface area (Å²) in [6.45, 7) is 0. The maximum atomic E-state index is 15.2. The molecular weight excluding hydrogens is 443 g/mol. The second-order valence-electron chi connectivity index (χ2n) is 7.82. The molecule has 1 N–H and O–H groups in total. The normalized spacial score (nSPS) is 18.5. The summed E-state index contributed by atoms with van der Waals surface area (Å²) in [5.74, 6) is 1.55. The number of halogens is 2. The van der Waals surface area contributed by atoms with E-state index in [1.54, 1.807) is 30.0 Å². The minimum absolute atomic E-state index is 0.334. The van der Waals surface area contributed by atoms with Crippen molar-refractivity contribution in [2.75, 3.05) is 12.4 Å². The zero-order valence-electron chi connectivity index (χ0n) is 17.5. The number of hydrogen-bond acceptors (Lipinski definition) is 5. The van der Waals surface area contributed by atoms with Crippen molar-refractivity contribution in [2.45, 2.75) is 12.1 Å². The SMILES string of the molecule is COc1cccc([C@H]2Oc3ccc(Cl)cc3C3=C2[C@@H](c2ccccc2F)n2ncnc2N3)c1. The lowest BCUT2D eigenvalue weighted by molar-refractivity contribution is 0.222. The topological polar surface area (TPSA) is 61.2 Å². The zero-order chi connectivity index (χ0) is 22.5. The summed E-state index contributed by atoms with van der Waals surface area (Å²) in [4.78, 5) is 4.36. The molecule has 0 saturated carbocycles. The van der Waals surface area contributed by atoms with Gasteiger partial charge in [-0.2, -0.15) is 10.1 Å². The molecule has 3 aromatic carbocycles. The molecule has 3 heterocycles. The molecule has 0 fully saturated rings. The molecule has 2 aliphatic rings. The van der Waals surface area contributed by atoms with Gasteiger partial charge < -0.3 is 14.8 Å². The van der Waals surface area contributed by atoms with Crippen molar-refractivity contribution in [3.8, 4) is 11.5 Å². The monoisotopic (exact) mass is 460 g/mol. The molecule has 4 aromatic rings. The Bertz CT molecular complexity index is 1420. The fraction of sp³-hybridized carbons (Fsp3) is 0.120. The van der Waals surface area contributed by atoms with Crippen molar-refractivity contribution >= 4 is 23.2 Å². The Labute approximate surface area is 194 Å². The Kier molecular flexibility index (Phi) is 4.58. The summed E-state index contributed by atoms with van der Waals surface area (Å²) in [5.41, 5.74) is 3.71. The smallest absolute Gasteiger partial charge is 0.226 e. The Morgan fingerprint density at radius 1 is 1.09 bits per heavy atom. The fourth-order valence-corrected chi connectivity index (χ4v) is 4.69. The molecule has 2 atom stereocenters. The highest BCUT2D eigenvalue weighted by atomic mass is 35.5. The molecule has 0 amide bonds. The second kappa shape index (κ2) is 7.64. The van der Waals surface area contributed by atoms with Gasteiger partial charge in [-0.05, 0) is 36.4 Å². The third-order valence-corrected chi connectivity index (χ3v) is 6.21. The van der Waals surface area contributed by atoms with E-state index in [0.717, 1.165) is 22.4 Å². The van der Waals surface area contributed by atoms with Gasteiger partial charge in [-0.15, -0.1) is 0 Å². The molecule has 33 heavy (non-hydrogen) atoms. The largest absolute Gasteiger partial charge is 0.497 e. The number of benzene rings is 3. The molecule has 6 rings (SSSR count). The Morgan fingerprint density at radius 3 is 2.82 bits per heavy atom. The van der Waals surface area contributed by atoms with Crippen molar-refractivity contribution < 1.29 is 13.9 Å². The predicted octanol–water partition coefficient (Wildman–Crippen LogP) is 5.64. The van der Waals surface area contributed by atoms with E-state index in [2.05, 4.69) is 15.4 Å². The van der Waals surface area contributed by atoms with E-state index >= 15 is 4.39 Å². The second-order valence-corrected chi connectivity index (χ2v) is 8.26. The molecule has 0 spiro atoms. The summed E-state index contributed by atoms with van der Waals surface area (Å²) in [6.07, 6.45) is 0.924. The molecule has 8 heteroatoms. The number of nitrogens with one attached hydrogen (secondary N) is 1. The standard InChI is InChI=1S/C25H18ClFN4O2/c1-32-16-6-4-5-14(11-16)24-21-22(18-12-15(26)9-10-20(18)33-24)30-25-28-13-29-31(25)23(21)17-7-2-3-8-19(17)27/h2-13,23-24H,1H3,(H,28,29,30)/t23-,24-/m1/s1. The van der Waals surface area contributed by atoms with Crippen LogP contribution in [0.3, 0.4) is 0 Å². The molecular formula is C25H18ClFN4O2. The summed E-state index contributed by atoms with van der Waals surface area (Å²) >= 11 is 6.34. The van der Waals surface area contributed by atoms with E-state index in [0.29, 0.717) is 28.0 Å². The first-order valence-electron chi connectivity index (χ1n) is 10.4. The Balaban J connectivity index is 1.65. The van der Waals surface area contributed by atoms with Crippen LogP contribution in [0.4, 0.5) is 10.3 Å².